The molecule has 0 unspecified atom stereocenters. The van der Waals surface area contributed by atoms with Gasteiger partial charge in [-0.3, -0.25) is 4.90 Å². The van der Waals surface area contributed by atoms with Crippen LogP contribution >= 0.6 is 0 Å². The van der Waals surface area contributed by atoms with Gasteiger partial charge in [0, 0.05) is 33.1 Å². The number of oxazole rings is 1. The molecule has 2 rings (SSSR count). The van der Waals surface area contributed by atoms with Gasteiger partial charge in [0.1, 0.15) is 6.26 Å². The van der Waals surface area contributed by atoms with Crippen LogP contribution in [-0.4, -0.2) is 63.4 Å². The van der Waals surface area contributed by atoms with E-state index in [2.05, 4.69) is 9.88 Å². The minimum atomic E-state index is -0.981. The van der Waals surface area contributed by atoms with Crippen molar-refractivity contribution >= 4 is 6.09 Å². The van der Waals surface area contributed by atoms with Gasteiger partial charge < -0.3 is 19.5 Å². The van der Waals surface area contributed by atoms with Crippen molar-refractivity contribution in [3.8, 4) is 0 Å². The monoisotopic (exact) mass is 255 g/mol. The molecule has 0 aromatic carbocycles. The number of piperazine rings is 1. The topological polar surface area (TPSA) is 90.0 Å². The maximum atomic E-state index is 11.0. The van der Waals surface area contributed by atoms with Gasteiger partial charge in [0.05, 0.1) is 18.3 Å². The molecule has 1 atom stereocenters. The van der Waals surface area contributed by atoms with Crippen LogP contribution in [-0.2, 0) is 6.54 Å². The van der Waals surface area contributed by atoms with Crippen molar-refractivity contribution < 1.29 is 19.4 Å². The second kappa shape index (κ2) is 5.36. The van der Waals surface area contributed by atoms with Crippen LogP contribution in [0.3, 0.4) is 0 Å². The van der Waals surface area contributed by atoms with E-state index < -0.39 is 6.09 Å². The van der Waals surface area contributed by atoms with Crippen molar-refractivity contribution in [1.29, 1.82) is 0 Å². The van der Waals surface area contributed by atoms with E-state index in [-0.39, 0.29) is 12.6 Å². The van der Waals surface area contributed by atoms with Gasteiger partial charge >= 0.3 is 6.09 Å². The number of aromatic nitrogens is 1. The van der Waals surface area contributed by atoms with Gasteiger partial charge in [0.15, 0.2) is 5.89 Å². The van der Waals surface area contributed by atoms with Crippen molar-refractivity contribution in [1.82, 2.24) is 14.8 Å². The van der Waals surface area contributed by atoms with Gasteiger partial charge in [-0.25, -0.2) is 9.78 Å². The van der Waals surface area contributed by atoms with E-state index in [1.165, 1.54) is 4.90 Å². The summed E-state index contributed by atoms with van der Waals surface area (Å²) in [5.41, 5.74) is 0.827. The first-order valence-electron chi connectivity index (χ1n) is 5.84. The number of aliphatic hydroxyl groups is 1. The number of hydrogen-bond acceptors (Lipinski definition) is 5. The average molecular weight is 255 g/mol. The van der Waals surface area contributed by atoms with Crippen LogP contribution in [0.15, 0.2) is 10.7 Å². The first-order valence-corrected chi connectivity index (χ1v) is 5.84. The Kier molecular flexibility index (Phi) is 3.83. The van der Waals surface area contributed by atoms with E-state index in [0.717, 1.165) is 5.69 Å². The zero-order chi connectivity index (χ0) is 13.1. The normalized spacial score (nSPS) is 21.2. The van der Waals surface area contributed by atoms with E-state index in [1.807, 2.05) is 0 Å². The molecule has 0 saturated carbocycles. The lowest BCUT2D eigenvalue weighted by atomic mass is 10.2. The highest BCUT2D eigenvalue weighted by atomic mass is 16.4. The number of amides is 1. The molecule has 1 aliphatic rings. The number of carbonyl (C=O) groups is 1. The first-order chi connectivity index (χ1) is 8.60. The Hall–Kier alpha value is -1.60. The summed E-state index contributed by atoms with van der Waals surface area (Å²) in [5.74, 6) is 0.618. The predicted molar refractivity (Wildman–Crippen MR) is 62.1 cm³/mol. The lowest BCUT2D eigenvalue weighted by Crippen LogP contribution is -2.55. The lowest BCUT2D eigenvalue weighted by molar-refractivity contribution is 0.0383. The Morgan fingerprint density at radius 2 is 2.39 bits per heavy atom. The van der Waals surface area contributed by atoms with Crippen LogP contribution in [0.5, 0.6) is 0 Å². The molecule has 2 heterocycles. The predicted octanol–water partition coefficient (Wildman–Crippen LogP) is 0.140. The molecular formula is C11H17N3O4. The van der Waals surface area contributed by atoms with E-state index in [0.29, 0.717) is 32.1 Å². The first kappa shape index (κ1) is 12.8. The lowest BCUT2D eigenvalue weighted by Gasteiger charge is -2.38. The van der Waals surface area contributed by atoms with Gasteiger partial charge in [-0.05, 0) is 0 Å². The standard InChI is InChI=1S/C11H17N3O4/c1-8-12-9(7-18-8)4-13-2-3-14(11(16)17)10(5-13)6-15/h7,10,15H,2-6H2,1H3,(H,16,17)/t10-/m0/s1. The van der Waals surface area contributed by atoms with Crippen LogP contribution < -0.4 is 0 Å². The smallest absolute Gasteiger partial charge is 0.407 e. The molecule has 1 saturated heterocycles. The van der Waals surface area contributed by atoms with Crippen LogP contribution in [0.25, 0.3) is 0 Å². The number of aryl methyl sites for hydroxylation is 1. The van der Waals surface area contributed by atoms with Crippen molar-refractivity contribution in [3.05, 3.63) is 17.8 Å². The molecule has 1 aliphatic heterocycles. The highest BCUT2D eigenvalue weighted by Crippen LogP contribution is 2.13. The maximum absolute atomic E-state index is 11.0. The zero-order valence-electron chi connectivity index (χ0n) is 10.2. The van der Waals surface area contributed by atoms with E-state index in [9.17, 15) is 9.90 Å². The van der Waals surface area contributed by atoms with Crippen molar-refractivity contribution in [2.75, 3.05) is 26.2 Å². The molecule has 100 valence electrons. The summed E-state index contributed by atoms with van der Waals surface area (Å²) < 4.78 is 5.13. The fraction of sp³-hybridized carbons (Fsp3) is 0.636. The Balaban J connectivity index is 1.95. The van der Waals surface area contributed by atoms with Crippen LogP contribution in [0.1, 0.15) is 11.6 Å². The number of carboxylic acid groups (broad SMARTS) is 1. The molecule has 7 nitrogen and oxygen atoms in total. The van der Waals surface area contributed by atoms with Crippen molar-refractivity contribution in [3.63, 3.8) is 0 Å². The average Bonchev–Trinajstić information content (AvgIpc) is 2.74. The Labute approximate surface area is 105 Å². The SMILES string of the molecule is Cc1nc(CN2CCN(C(=O)O)[C@H](CO)C2)co1. The Morgan fingerprint density at radius 1 is 1.61 bits per heavy atom. The molecule has 0 radical (unpaired) electrons. The third kappa shape index (κ3) is 2.80. The molecule has 7 heteroatoms. The molecule has 0 spiro atoms. The minimum Gasteiger partial charge on any atom is -0.465 e. The molecule has 2 N–H and O–H groups in total. The van der Waals surface area contributed by atoms with E-state index >= 15 is 0 Å². The molecule has 0 bridgehead atoms. The highest BCUT2D eigenvalue weighted by Gasteiger charge is 2.29. The third-order valence-corrected chi connectivity index (χ3v) is 3.08. The van der Waals surface area contributed by atoms with Crippen LogP contribution in [0, 0.1) is 6.92 Å². The minimum absolute atomic E-state index is 0.166. The van der Waals surface area contributed by atoms with Gasteiger partial charge in [0.25, 0.3) is 0 Å². The number of nitrogens with zero attached hydrogens (tertiary/aromatic N) is 3. The summed E-state index contributed by atoms with van der Waals surface area (Å²) in [5, 5.41) is 18.2. The van der Waals surface area contributed by atoms with Gasteiger partial charge in [0.2, 0.25) is 0 Å². The second-order valence-electron chi connectivity index (χ2n) is 4.41. The van der Waals surface area contributed by atoms with Gasteiger partial charge in [-0.15, -0.1) is 0 Å². The van der Waals surface area contributed by atoms with E-state index in [1.54, 1.807) is 13.2 Å². The van der Waals surface area contributed by atoms with Gasteiger partial charge in [-0.2, -0.15) is 0 Å². The third-order valence-electron chi connectivity index (χ3n) is 3.08. The summed E-state index contributed by atoms with van der Waals surface area (Å²) in [6.07, 6.45) is 0.623. The van der Waals surface area contributed by atoms with Gasteiger partial charge in [-0.1, -0.05) is 0 Å². The summed E-state index contributed by atoms with van der Waals surface area (Å²) in [7, 11) is 0. The summed E-state index contributed by atoms with van der Waals surface area (Å²) in [6, 6.07) is -0.371. The number of hydrogen-bond donors (Lipinski definition) is 2. The quantitative estimate of drug-likeness (QED) is 0.798. The number of aliphatic hydroxyl groups excluding tert-OH is 1. The maximum Gasteiger partial charge on any atom is 0.407 e. The molecule has 0 aliphatic carbocycles. The largest absolute Gasteiger partial charge is 0.465 e. The zero-order valence-corrected chi connectivity index (χ0v) is 10.2. The number of rotatable bonds is 3. The van der Waals surface area contributed by atoms with E-state index in [4.69, 9.17) is 9.52 Å². The molecule has 18 heavy (non-hydrogen) atoms. The Morgan fingerprint density at radius 3 is 2.94 bits per heavy atom. The van der Waals surface area contributed by atoms with Crippen molar-refractivity contribution in [2.45, 2.75) is 19.5 Å². The molecule has 1 fully saturated rings. The Bertz CT molecular complexity index is 420. The summed E-state index contributed by atoms with van der Waals surface area (Å²) >= 11 is 0. The summed E-state index contributed by atoms with van der Waals surface area (Å²) in [4.78, 5) is 18.5. The molecular weight excluding hydrogens is 238 g/mol. The summed E-state index contributed by atoms with van der Waals surface area (Å²) in [6.45, 7) is 3.77. The molecule has 1 amide bonds. The molecule has 1 aromatic heterocycles. The molecule has 1 aromatic rings. The second-order valence-corrected chi connectivity index (χ2v) is 4.41. The van der Waals surface area contributed by atoms with Crippen LogP contribution in [0.4, 0.5) is 4.79 Å². The highest BCUT2D eigenvalue weighted by molar-refractivity contribution is 5.65. The van der Waals surface area contributed by atoms with Crippen molar-refractivity contribution in [2.24, 2.45) is 0 Å². The fourth-order valence-corrected chi connectivity index (χ4v) is 2.18. The fourth-order valence-electron chi connectivity index (χ4n) is 2.18. The van der Waals surface area contributed by atoms with Crippen LogP contribution in [0.2, 0.25) is 0 Å².